The van der Waals surface area contributed by atoms with Crippen molar-refractivity contribution in [2.75, 3.05) is 19.0 Å². The lowest BCUT2D eigenvalue weighted by Gasteiger charge is -2.16. The molecule has 0 saturated heterocycles. The fourth-order valence-electron chi connectivity index (χ4n) is 1.75. The van der Waals surface area contributed by atoms with Gasteiger partial charge in [0, 0.05) is 25.0 Å². The summed E-state index contributed by atoms with van der Waals surface area (Å²) >= 11 is 0. The fraction of sp³-hybridized carbons (Fsp3) is 0.429. The molecule has 0 aliphatic rings. The summed E-state index contributed by atoms with van der Waals surface area (Å²) in [5.41, 5.74) is 0.590. The van der Waals surface area contributed by atoms with E-state index in [2.05, 4.69) is 10.6 Å². The third-order valence-corrected chi connectivity index (χ3v) is 2.96. The number of nitrogens with one attached hydrogen (secondary N) is 2. The number of anilines is 1. The molecule has 0 aliphatic heterocycles. The van der Waals surface area contributed by atoms with Crippen molar-refractivity contribution in [2.45, 2.75) is 25.8 Å². The Labute approximate surface area is 122 Å². The Hall–Kier alpha value is -2.15. The van der Waals surface area contributed by atoms with E-state index >= 15 is 0 Å². The van der Waals surface area contributed by atoms with Crippen LogP contribution in [0, 0.1) is 12.7 Å². The smallest absolute Gasteiger partial charge is 0.326 e. The second kappa shape index (κ2) is 8.21. The lowest BCUT2D eigenvalue weighted by atomic mass is 10.1. The lowest BCUT2D eigenvalue weighted by molar-refractivity contribution is -0.139. The van der Waals surface area contributed by atoms with Gasteiger partial charge in [0.2, 0.25) is 0 Å². The van der Waals surface area contributed by atoms with Gasteiger partial charge in [0.15, 0.2) is 0 Å². The van der Waals surface area contributed by atoms with Crippen LogP contribution >= 0.6 is 0 Å². The summed E-state index contributed by atoms with van der Waals surface area (Å²) in [5, 5.41) is 13.8. The Morgan fingerprint density at radius 3 is 2.76 bits per heavy atom. The number of carbonyl (C=O) groups excluding carboxylic acids is 1. The molecule has 1 rings (SSSR count). The van der Waals surface area contributed by atoms with Gasteiger partial charge >= 0.3 is 12.0 Å². The Kier molecular flexibility index (Phi) is 6.61. The Morgan fingerprint density at radius 2 is 2.14 bits per heavy atom. The van der Waals surface area contributed by atoms with Crippen LogP contribution in [0.3, 0.4) is 0 Å². The monoisotopic (exact) mass is 298 g/mol. The molecule has 6 nitrogen and oxygen atoms in total. The minimum atomic E-state index is -1.13. The SMILES string of the molecule is COCCCC(NC(=O)Nc1cccc(F)c1C)C(=O)O. The van der Waals surface area contributed by atoms with E-state index in [1.165, 1.54) is 26.2 Å². The molecule has 7 heteroatoms. The number of halogens is 1. The highest BCUT2D eigenvalue weighted by molar-refractivity contribution is 5.92. The van der Waals surface area contributed by atoms with Crippen molar-refractivity contribution >= 4 is 17.7 Å². The highest BCUT2D eigenvalue weighted by atomic mass is 19.1. The summed E-state index contributed by atoms with van der Waals surface area (Å²) in [6.45, 7) is 1.94. The van der Waals surface area contributed by atoms with Crippen LogP contribution in [0.4, 0.5) is 14.9 Å². The molecule has 0 spiro atoms. The number of carbonyl (C=O) groups is 2. The number of hydrogen-bond acceptors (Lipinski definition) is 3. The van der Waals surface area contributed by atoms with Crippen molar-refractivity contribution < 1.29 is 23.8 Å². The molecule has 1 aromatic carbocycles. The van der Waals surface area contributed by atoms with Crippen molar-refractivity contribution in [1.82, 2.24) is 5.32 Å². The molecule has 2 amide bonds. The first-order chi connectivity index (χ1) is 9.95. The maximum Gasteiger partial charge on any atom is 0.326 e. The maximum atomic E-state index is 13.3. The fourth-order valence-corrected chi connectivity index (χ4v) is 1.75. The number of ether oxygens (including phenoxy) is 1. The first kappa shape index (κ1) is 16.9. The number of amides is 2. The first-order valence-corrected chi connectivity index (χ1v) is 6.50. The van der Waals surface area contributed by atoms with Crippen LogP contribution in [0.1, 0.15) is 18.4 Å². The third-order valence-electron chi connectivity index (χ3n) is 2.96. The van der Waals surface area contributed by atoms with Crippen LogP contribution in [-0.4, -0.2) is 36.9 Å². The van der Waals surface area contributed by atoms with Crippen LogP contribution in [-0.2, 0) is 9.53 Å². The Bertz CT molecular complexity index is 508. The standard InChI is InChI=1S/C14H19FN2O4/c1-9-10(15)5-3-6-11(9)16-14(20)17-12(13(18)19)7-4-8-21-2/h3,5-6,12H,4,7-8H2,1-2H3,(H,18,19)(H2,16,17,20). The zero-order valence-corrected chi connectivity index (χ0v) is 12.0. The molecule has 1 atom stereocenters. The third kappa shape index (κ3) is 5.39. The number of hydrogen-bond donors (Lipinski definition) is 3. The number of urea groups is 1. The number of rotatable bonds is 7. The van der Waals surface area contributed by atoms with E-state index in [-0.39, 0.29) is 6.42 Å². The normalized spacial score (nSPS) is 11.8. The molecule has 0 saturated carbocycles. The highest BCUT2D eigenvalue weighted by Gasteiger charge is 2.19. The van der Waals surface area contributed by atoms with Crippen LogP contribution in [0.15, 0.2) is 18.2 Å². The van der Waals surface area contributed by atoms with E-state index in [0.29, 0.717) is 24.3 Å². The van der Waals surface area contributed by atoms with Crippen molar-refractivity contribution in [2.24, 2.45) is 0 Å². The van der Waals surface area contributed by atoms with Gasteiger partial charge in [-0.15, -0.1) is 0 Å². The van der Waals surface area contributed by atoms with Crippen LogP contribution in [0.2, 0.25) is 0 Å². The number of benzene rings is 1. The van der Waals surface area contributed by atoms with Crippen molar-refractivity contribution in [3.8, 4) is 0 Å². The quantitative estimate of drug-likeness (QED) is 0.673. The summed E-state index contributed by atoms with van der Waals surface area (Å²) in [7, 11) is 1.52. The second-order valence-corrected chi connectivity index (χ2v) is 4.54. The van der Waals surface area contributed by atoms with Crippen molar-refractivity contribution in [3.05, 3.63) is 29.6 Å². The zero-order chi connectivity index (χ0) is 15.8. The van der Waals surface area contributed by atoms with Crippen molar-refractivity contribution in [3.63, 3.8) is 0 Å². The molecule has 3 N–H and O–H groups in total. The second-order valence-electron chi connectivity index (χ2n) is 4.54. The van der Waals surface area contributed by atoms with Gasteiger partial charge in [0.25, 0.3) is 0 Å². The van der Waals surface area contributed by atoms with E-state index in [1.807, 2.05) is 0 Å². The van der Waals surface area contributed by atoms with E-state index in [9.17, 15) is 14.0 Å². The summed E-state index contributed by atoms with van der Waals surface area (Å²) in [6, 6.07) is 2.58. The number of carboxylic acid groups (broad SMARTS) is 1. The number of aliphatic carboxylic acids is 1. The molecule has 21 heavy (non-hydrogen) atoms. The van der Waals surface area contributed by atoms with E-state index in [4.69, 9.17) is 9.84 Å². The predicted molar refractivity (Wildman–Crippen MR) is 75.8 cm³/mol. The molecular formula is C14H19FN2O4. The van der Waals surface area contributed by atoms with Gasteiger partial charge in [-0.2, -0.15) is 0 Å². The summed E-state index contributed by atoms with van der Waals surface area (Å²) in [6.07, 6.45) is 0.755. The first-order valence-electron chi connectivity index (χ1n) is 6.50. The minimum absolute atomic E-state index is 0.249. The largest absolute Gasteiger partial charge is 0.480 e. The molecule has 0 fully saturated rings. The Balaban J connectivity index is 2.61. The number of carboxylic acids is 1. The van der Waals surface area contributed by atoms with Crippen LogP contribution in [0.25, 0.3) is 0 Å². The molecular weight excluding hydrogens is 279 g/mol. The topological polar surface area (TPSA) is 87.7 Å². The molecule has 0 heterocycles. The summed E-state index contributed by atoms with van der Waals surface area (Å²) in [4.78, 5) is 22.8. The van der Waals surface area contributed by atoms with Crippen LogP contribution in [0.5, 0.6) is 0 Å². The molecule has 0 radical (unpaired) electrons. The average Bonchev–Trinajstić information content (AvgIpc) is 2.43. The van der Waals surface area contributed by atoms with Gasteiger partial charge in [0.05, 0.1) is 0 Å². The van der Waals surface area contributed by atoms with E-state index in [1.54, 1.807) is 6.07 Å². The summed E-state index contributed by atoms with van der Waals surface area (Å²) < 4.78 is 18.2. The van der Waals surface area contributed by atoms with E-state index in [0.717, 1.165) is 0 Å². The lowest BCUT2D eigenvalue weighted by Crippen LogP contribution is -2.43. The van der Waals surface area contributed by atoms with Gasteiger partial charge < -0.3 is 20.5 Å². The van der Waals surface area contributed by atoms with Gasteiger partial charge in [-0.05, 0) is 31.9 Å². The van der Waals surface area contributed by atoms with Gasteiger partial charge in [-0.25, -0.2) is 14.0 Å². The highest BCUT2D eigenvalue weighted by Crippen LogP contribution is 2.17. The van der Waals surface area contributed by atoms with Crippen molar-refractivity contribution in [1.29, 1.82) is 0 Å². The van der Waals surface area contributed by atoms with Crippen LogP contribution < -0.4 is 10.6 Å². The number of methoxy groups -OCH3 is 1. The zero-order valence-electron chi connectivity index (χ0n) is 12.0. The summed E-state index contributed by atoms with van der Waals surface area (Å²) in [5.74, 6) is -1.57. The van der Waals surface area contributed by atoms with E-state index < -0.39 is 23.9 Å². The molecule has 116 valence electrons. The molecule has 0 bridgehead atoms. The maximum absolute atomic E-state index is 13.3. The molecule has 1 aromatic rings. The average molecular weight is 298 g/mol. The minimum Gasteiger partial charge on any atom is -0.480 e. The van der Waals surface area contributed by atoms with Gasteiger partial charge in [0.1, 0.15) is 11.9 Å². The molecule has 0 aliphatic carbocycles. The molecule has 0 aromatic heterocycles. The predicted octanol–water partition coefficient (Wildman–Crippen LogP) is 2.14. The van der Waals surface area contributed by atoms with Gasteiger partial charge in [-0.1, -0.05) is 6.07 Å². The molecule has 1 unspecified atom stereocenters. The Morgan fingerprint density at radius 1 is 1.43 bits per heavy atom. The van der Waals surface area contributed by atoms with Gasteiger partial charge in [-0.3, -0.25) is 0 Å².